The van der Waals surface area contributed by atoms with Gasteiger partial charge in [-0.15, -0.1) is 0 Å². The summed E-state index contributed by atoms with van der Waals surface area (Å²) in [5.74, 6) is 0.613. The molecule has 0 bridgehead atoms. The minimum atomic E-state index is -0.620. The lowest BCUT2D eigenvalue weighted by Gasteiger charge is -2.20. The lowest BCUT2D eigenvalue weighted by atomic mass is 9.99. The van der Waals surface area contributed by atoms with Crippen LogP contribution in [-0.4, -0.2) is 15.9 Å². The van der Waals surface area contributed by atoms with Gasteiger partial charge in [0, 0.05) is 24.2 Å². The highest BCUT2D eigenvalue weighted by Gasteiger charge is 2.23. The summed E-state index contributed by atoms with van der Waals surface area (Å²) in [5, 5.41) is 25.1. The third-order valence-corrected chi connectivity index (χ3v) is 4.20. The molecule has 1 aliphatic rings. The number of nitrogens with one attached hydrogen (secondary N) is 1. The Morgan fingerprint density at radius 2 is 1.90 bits per heavy atom. The first-order valence-corrected chi connectivity index (χ1v) is 7.14. The second kappa shape index (κ2) is 6.62. The molecular weight excluding hydrogens is 274 g/mol. The van der Waals surface area contributed by atoms with Crippen LogP contribution in [0.4, 0.5) is 11.4 Å². The molecule has 7 nitrogen and oxygen atoms in total. The minimum Gasteiger partial charge on any atom is -0.310 e. The van der Waals surface area contributed by atoms with E-state index in [1.807, 2.05) is 0 Å². The molecule has 21 heavy (non-hydrogen) atoms. The Bertz CT molecular complexity index is 541. The molecule has 1 aromatic rings. The zero-order valence-corrected chi connectivity index (χ0v) is 11.9. The molecule has 1 fully saturated rings. The molecule has 0 saturated heterocycles. The number of nitro groups is 2. The molecule has 0 aromatic heterocycles. The number of hydrogen-bond donors (Lipinski definition) is 1. The van der Waals surface area contributed by atoms with E-state index in [4.69, 9.17) is 0 Å². The second-order valence-electron chi connectivity index (χ2n) is 5.54. The number of hydrogen-bond acceptors (Lipinski definition) is 5. The topological polar surface area (TPSA) is 98.3 Å². The molecule has 1 aromatic carbocycles. The largest absolute Gasteiger partial charge is 0.310 e. The van der Waals surface area contributed by atoms with Crippen molar-refractivity contribution in [3.8, 4) is 0 Å². The van der Waals surface area contributed by atoms with Gasteiger partial charge in [-0.2, -0.15) is 0 Å². The van der Waals surface area contributed by atoms with Gasteiger partial charge in [0.15, 0.2) is 0 Å². The number of rotatable bonds is 6. The molecule has 0 spiro atoms. The van der Waals surface area contributed by atoms with Gasteiger partial charge in [0.2, 0.25) is 0 Å². The molecule has 7 heteroatoms. The van der Waals surface area contributed by atoms with E-state index in [1.165, 1.54) is 37.8 Å². The fourth-order valence-electron chi connectivity index (χ4n) is 2.88. The smallest absolute Gasteiger partial charge is 0.280 e. The number of nitrogens with zero attached hydrogens (tertiary/aromatic N) is 2. The monoisotopic (exact) mass is 293 g/mol. The van der Waals surface area contributed by atoms with Crippen molar-refractivity contribution in [1.82, 2.24) is 5.32 Å². The van der Waals surface area contributed by atoms with E-state index in [1.54, 1.807) is 0 Å². The number of benzene rings is 1. The predicted octanol–water partition coefficient (Wildman–Crippen LogP) is 3.17. The quantitative estimate of drug-likeness (QED) is 0.641. The normalized spacial score (nSPS) is 16.8. The van der Waals surface area contributed by atoms with Gasteiger partial charge in [-0.3, -0.25) is 20.2 Å². The van der Waals surface area contributed by atoms with Crippen LogP contribution in [-0.2, 0) is 6.54 Å². The number of nitro benzene ring substituents is 2. The molecule has 0 unspecified atom stereocenters. The van der Waals surface area contributed by atoms with Crippen LogP contribution < -0.4 is 5.32 Å². The van der Waals surface area contributed by atoms with Crippen molar-refractivity contribution in [3.05, 3.63) is 44.0 Å². The zero-order valence-electron chi connectivity index (χ0n) is 11.9. The Labute approximate surface area is 122 Å². The fourth-order valence-corrected chi connectivity index (χ4v) is 2.88. The van der Waals surface area contributed by atoms with E-state index in [9.17, 15) is 20.2 Å². The summed E-state index contributed by atoms with van der Waals surface area (Å²) < 4.78 is 0. The molecule has 1 N–H and O–H groups in total. The summed E-state index contributed by atoms with van der Waals surface area (Å²) in [6.45, 7) is 2.44. The van der Waals surface area contributed by atoms with Gasteiger partial charge in [0.25, 0.3) is 11.4 Å². The van der Waals surface area contributed by atoms with Crippen molar-refractivity contribution in [3.63, 3.8) is 0 Å². The molecule has 1 atom stereocenters. The first-order valence-electron chi connectivity index (χ1n) is 7.14. The van der Waals surface area contributed by atoms with Gasteiger partial charge in [0.1, 0.15) is 0 Å². The van der Waals surface area contributed by atoms with Gasteiger partial charge >= 0.3 is 0 Å². The van der Waals surface area contributed by atoms with Gasteiger partial charge in [-0.1, -0.05) is 12.8 Å². The Balaban J connectivity index is 2.08. The van der Waals surface area contributed by atoms with Crippen LogP contribution in [0.25, 0.3) is 0 Å². The zero-order chi connectivity index (χ0) is 15.4. The molecule has 1 saturated carbocycles. The van der Waals surface area contributed by atoms with Crippen LogP contribution in [0.15, 0.2) is 18.2 Å². The van der Waals surface area contributed by atoms with Gasteiger partial charge in [0.05, 0.1) is 15.9 Å². The highest BCUT2D eigenvalue weighted by Crippen LogP contribution is 2.28. The Kier molecular flexibility index (Phi) is 4.85. The van der Waals surface area contributed by atoms with Crippen LogP contribution in [0.2, 0.25) is 0 Å². The Morgan fingerprint density at radius 1 is 1.24 bits per heavy atom. The highest BCUT2D eigenvalue weighted by molar-refractivity contribution is 5.49. The van der Waals surface area contributed by atoms with E-state index in [0.29, 0.717) is 24.1 Å². The maximum Gasteiger partial charge on any atom is 0.280 e. The summed E-state index contributed by atoms with van der Waals surface area (Å²) in [6.07, 6.45) is 4.87. The van der Waals surface area contributed by atoms with E-state index in [-0.39, 0.29) is 11.4 Å². The van der Waals surface area contributed by atoms with E-state index < -0.39 is 9.85 Å². The average Bonchev–Trinajstić information content (AvgIpc) is 2.98. The molecule has 0 amide bonds. The number of non-ortho nitro benzene ring substituents is 1. The van der Waals surface area contributed by atoms with Crippen molar-refractivity contribution in [2.24, 2.45) is 5.92 Å². The second-order valence-corrected chi connectivity index (χ2v) is 5.54. The Morgan fingerprint density at radius 3 is 2.48 bits per heavy atom. The van der Waals surface area contributed by atoms with Gasteiger partial charge in [-0.25, -0.2) is 0 Å². The standard InChI is InChI=1S/C14H19N3O4/c1-10(11-4-2-3-5-11)15-9-12-6-7-13(16(18)19)8-14(12)17(20)21/h6-8,10-11,15H,2-5,9H2,1H3/t10-/m1/s1. The van der Waals surface area contributed by atoms with Crippen molar-refractivity contribution in [1.29, 1.82) is 0 Å². The SMILES string of the molecule is C[C@@H](NCc1ccc([N+](=O)[O-])cc1[N+](=O)[O-])C1CCCC1. The maximum atomic E-state index is 11.1. The molecule has 1 aliphatic carbocycles. The van der Waals surface area contributed by atoms with Crippen LogP contribution in [0.5, 0.6) is 0 Å². The van der Waals surface area contributed by atoms with Crippen molar-refractivity contribution in [2.45, 2.75) is 45.2 Å². The lowest BCUT2D eigenvalue weighted by Crippen LogP contribution is -2.31. The van der Waals surface area contributed by atoms with Gasteiger partial charge in [-0.05, 0) is 31.7 Å². The third-order valence-electron chi connectivity index (χ3n) is 4.20. The Hall–Kier alpha value is -2.02. The average molecular weight is 293 g/mol. The van der Waals surface area contributed by atoms with Crippen molar-refractivity contribution < 1.29 is 9.85 Å². The van der Waals surface area contributed by atoms with Gasteiger partial charge < -0.3 is 5.32 Å². The van der Waals surface area contributed by atoms with Crippen molar-refractivity contribution in [2.75, 3.05) is 0 Å². The first-order chi connectivity index (χ1) is 9.99. The molecule has 0 radical (unpaired) electrons. The summed E-state index contributed by atoms with van der Waals surface area (Å²) >= 11 is 0. The molecule has 2 rings (SSSR count). The lowest BCUT2D eigenvalue weighted by molar-refractivity contribution is -0.394. The maximum absolute atomic E-state index is 11.1. The molecular formula is C14H19N3O4. The summed E-state index contributed by atoms with van der Waals surface area (Å²) in [5.41, 5.74) is 0.0278. The predicted molar refractivity (Wildman–Crippen MR) is 78.0 cm³/mol. The highest BCUT2D eigenvalue weighted by atomic mass is 16.6. The van der Waals surface area contributed by atoms with E-state index in [0.717, 1.165) is 6.07 Å². The molecule has 114 valence electrons. The van der Waals surface area contributed by atoms with Crippen LogP contribution >= 0.6 is 0 Å². The third kappa shape index (κ3) is 3.75. The fraction of sp³-hybridized carbons (Fsp3) is 0.571. The van der Waals surface area contributed by atoms with E-state index >= 15 is 0 Å². The van der Waals surface area contributed by atoms with Crippen LogP contribution in [0, 0.1) is 26.1 Å². The summed E-state index contributed by atoms with van der Waals surface area (Å²) in [6, 6.07) is 4.09. The van der Waals surface area contributed by atoms with Crippen LogP contribution in [0.1, 0.15) is 38.2 Å². The van der Waals surface area contributed by atoms with Crippen LogP contribution in [0.3, 0.4) is 0 Å². The summed E-state index contributed by atoms with van der Waals surface area (Å²) in [4.78, 5) is 20.6. The first kappa shape index (κ1) is 15.4. The summed E-state index contributed by atoms with van der Waals surface area (Å²) in [7, 11) is 0. The molecule has 0 aliphatic heterocycles. The molecule has 0 heterocycles. The van der Waals surface area contributed by atoms with E-state index in [2.05, 4.69) is 12.2 Å². The van der Waals surface area contributed by atoms with Crippen molar-refractivity contribution >= 4 is 11.4 Å². The minimum absolute atomic E-state index is 0.199.